The molecule has 0 spiro atoms. The molecule has 0 saturated carbocycles. The summed E-state index contributed by atoms with van der Waals surface area (Å²) in [6.45, 7) is 3.25. The van der Waals surface area contributed by atoms with E-state index in [1.54, 1.807) is 0 Å². The van der Waals surface area contributed by atoms with Crippen LogP contribution in [0.1, 0.15) is 11.1 Å². The first-order chi connectivity index (χ1) is 12.1. The Hall–Kier alpha value is -2.53. The largest absolute Gasteiger partial charge is 0.412 e. The molecule has 5 nitrogen and oxygen atoms in total. The smallest absolute Gasteiger partial charge is 0.410 e. The topological polar surface area (TPSA) is 44.8 Å². The summed E-state index contributed by atoms with van der Waals surface area (Å²) in [7, 11) is 3.93. The first-order valence-electron chi connectivity index (χ1n) is 8.64. The van der Waals surface area contributed by atoms with E-state index in [0.29, 0.717) is 12.3 Å². The molecule has 25 heavy (non-hydrogen) atoms. The summed E-state index contributed by atoms with van der Waals surface area (Å²) in [6.07, 6.45) is 0.572. The lowest BCUT2D eigenvalue weighted by molar-refractivity contribution is 0.199. The minimum absolute atomic E-state index is 0.402. The number of likely N-dealkylation sites (N-methyl/N-ethyl adjacent to an activating group) is 1. The second kappa shape index (κ2) is 8.03. The molecular formula is C20H25N3O2. The molecule has 0 radical (unpaired) electrons. The van der Waals surface area contributed by atoms with Crippen LogP contribution in [0.4, 0.5) is 10.5 Å². The van der Waals surface area contributed by atoms with Crippen molar-refractivity contribution in [1.82, 2.24) is 10.2 Å². The maximum absolute atomic E-state index is 11.8. The van der Waals surface area contributed by atoms with Crippen LogP contribution in [0.5, 0.6) is 5.75 Å². The van der Waals surface area contributed by atoms with Crippen LogP contribution in [0, 0.1) is 0 Å². The number of hydrogen-bond donors (Lipinski definition) is 1. The zero-order chi connectivity index (χ0) is 17.6. The fraction of sp³-hybridized carbons (Fsp3) is 0.350. The van der Waals surface area contributed by atoms with E-state index in [9.17, 15) is 4.79 Å². The molecule has 1 aliphatic heterocycles. The molecular weight excluding hydrogens is 314 g/mol. The van der Waals surface area contributed by atoms with E-state index in [-0.39, 0.29) is 0 Å². The van der Waals surface area contributed by atoms with Gasteiger partial charge in [0.15, 0.2) is 0 Å². The normalized spacial score (nSPS) is 13.0. The molecule has 0 unspecified atom stereocenters. The van der Waals surface area contributed by atoms with Crippen LogP contribution in [0.15, 0.2) is 48.5 Å². The summed E-state index contributed by atoms with van der Waals surface area (Å²) in [4.78, 5) is 16.2. The van der Waals surface area contributed by atoms with E-state index >= 15 is 0 Å². The van der Waals surface area contributed by atoms with Gasteiger partial charge in [-0.05, 0) is 49.8 Å². The van der Waals surface area contributed by atoms with Crippen LogP contribution in [-0.4, -0.2) is 44.7 Å². The van der Waals surface area contributed by atoms with Gasteiger partial charge in [0.05, 0.1) is 0 Å². The van der Waals surface area contributed by atoms with E-state index in [2.05, 4.69) is 34.5 Å². The molecule has 5 heteroatoms. The summed E-state index contributed by atoms with van der Waals surface area (Å²) in [5.41, 5.74) is 3.76. The summed E-state index contributed by atoms with van der Waals surface area (Å²) in [5, 5.41) is 2.76. The molecule has 0 fully saturated rings. The Morgan fingerprint density at radius 2 is 2.00 bits per heavy atom. The lowest BCUT2D eigenvalue weighted by Crippen LogP contribution is -2.33. The van der Waals surface area contributed by atoms with Crippen molar-refractivity contribution in [3.8, 4) is 5.75 Å². The van der Waals surface area contributed by atoms with Crippen molar-refractivity contribution < 1.29 is 9.53 Å². The predicted molar refractivity (Wildman–Crippen MR) is 100 cm³/mol. The van der Waals surface area contributed by atoms with Gasteiger partial charge in [0.1, 0.15) is 5.75 Å². The Labute approximate surface area is 149 Å². The SMILES string of the molecule is CN(C)CCNC(=O)Oc1ccc2c(c1)CCN2Cc1ccccc1. The van der Waals surface area contributed by atoms with Gasteiger partial charge in [0.25, 0.3) is 0 Å². The number of ether oxygens (including phenoxy) is 1. The first kappa shape index (κ1) is 17.3. The fourth-order valence-electron chi connectivity index (χ4n) is 3.00. The second-order valence-corrected chi connectivity index (χ2v) is 6.57. The van der Waals surface area contributed by atoms with Crippen LogP contribution in [0.25, 0.3) is 0 Å². The number of nitrogens with one attached hydrogen (secondary N) is 1. The van der Waals surface area contributed by atoms with Gasteiger partial charge in [-0.1, -0.05) is 30.3 Å². The number of anilines is 1. The van der Waals surface area contributed by atoms with Gasteiger partial charge in [-0.3, -0.25) is 0 Å². The summed E-state index contributed by atoms with van der Waals surface area (Å²) >= 11 is 0. The maximum Gasteiger partial charge on any atom is 0.412 e. The average Bonchev–Trinajstić information content (AvgIpc) is 2.97. The lowest BCUT2D eigenvalue weighted by Gasteiger charge is -2.19. The highest BCUT2D eigenvalue weighted by molar-refractivity contribution is 5.71. The molecule has 2 aromatic rings. The molecule has 2 aromatic carbocycles. The Balaban J connectivity index is 1.59. The van der Waals surface area contributed by atoms with E-state index in [0.717, 1.165) is 26.1 Å². The summed E-state index contributed by atoms with van der Waals surface area (Å²) < 4.78 is 5.39. The number of carbonyl (C=O) groups excluding carboxylic acids is 1. The Kier molecular flexibility index (Phi) is 5.56. The molecule has 1 aliphatic rings. The van der Waals surface area contributed by atoms with Gasteiger partial charge in [-0.15, -0.1) is 0 Å². The molecule has 0 saturated heterocycles. The average molecular weight is 339 g/mol. The molecule has 1 amide bonds. The third-order valence-corrected chi connectivity index (χ3v) is 4.30. The van der Waals surface area contributed by atoms with Crippen molar-refractivity contribution in [2.75, 3.05) is 38.6 Å². The quantitative estimate of drug-likeness (QED) is 0.879. The van der Waals surface area contributed by atoms with Gasteiger partial charge in [0.2, 0.25) is 0 Å². The predicted octanol–water partition coefficient (Wildman–Crippen LogP) is 2.90. The number of fused-ring (bicyclic) bond motifs is 1. The monoisotopic (exact) mass is 339 g/mol. The van der Waals surface area contributed by atoms with Crippen molar-refractivity contribution in [3.63, 3.8) is 0 Å². The van der Waals surface area contributed by atoms with E-state index in [4.69, 9.17) is 4.74 Å². The standard InChI is InChI=1S/C20H25N3O2/c1-22(2)13-11-21-20(24)25-18-8-9-19-17(14-18)10-12-23(19)15-16-6-4-3-5-7-16/h3-9,14H,10-13,15H2,1-2H3,(H,21,24). The van der Waals surface area contributed by atoms with Crippen LogP contribution in [0.2, 0.25) is 0 Å². The van der Waals surface area contributed by atoms with Gasteiger partial charge in [-0.2, -0.15) is 0 Å². The minimum atomic E-state index is -0.402. The third-order valence-electron chi connectivity index (χ3n) is 4.30. The molecule has 0 aliphatic carbocycles. The van der Waals surface area contributed by atoms with Crippen LogP contribution < -0.4 is 15.0 Å². The van der Waals surface area contributed by atoms with Crippen molar-refractivity contribution in [2.24, 2.45) is 0 Å². The van der Waals surface area contributed by atoms with Gasteiger partial charge >= 0.3 is 6.09 Å². The number of rotatable bonds is 6. The molecule has 0 atom stereocenters. The molecule has 1 N–H and O–H groups in total. The van der Waals surface area contributed by atoms with Crippen molar-refractivity contribution in [2.45, 2.75) is 13.0 Å². The maximum atomic E-state index is 11.8. The summed E-state index contributed by atoms with van der Waals surface area (Å²) in [6, 6.07) is 16.4. The Morgan fingerprint density at radius 3 is 2.76 bits per heavy atom. The fourth-order valence-corrected chi connectivity index (χ4v) is 3.00. The van der Waals surface area contributed by atoms with Crippen molar-refractivity contribution >= 4 is 11.8 Å². The molecule has 1 heterocycles. The third kappa shape index (κ3) is 4.73. The van der Waals surface area contributed by atoms with Crippen LogP contribution >= 0.6 is 0 Å². The highest BCUT2D eigenvalue weighted by Crippen LogP contribution is 2.32. The number of hydrogen-bond acceptors (Lipinski definition) is 4. The minimum Gasteiger partial charge on any atom is -0.410 e. The van der Waals surface area contributed by atoms with Gasteiger partial charge in [-0.25, -0.2) is 4.79 Å². The number of nitrogens with zero attached hydrogens (tertiary/aromatic N) is 2. The van der Waals surface area contributed by atoms with Crippen LogP contribution in [0.3, 0.4) is 0 Å². The first-order valence-corrected chi connectivity index (χ1v) is 8.64. The Morgan fingerprint density at radius 1 is 1.20 bits per heavy atom. The molecule has 132 valence electrons. The number of amides is 1. The van der Waals surface area contributed by atoms with Crippen molar-refractivity contribution in [1.29, 1.82) is 0 Å². The molecule has 0 bridgehead atoms. The Bertz CT molecular complexity index is 716. The van der Waals surface area contributed by atoms with Gasteiger partial charge < -0.3 is 19.9 Å². The lowest BCUT2D eigenvalue weighted by atomic mass is 10.1. The number of carbonyl (C=O) groups is 1. The van der Waals surface area contributed by atoms with Crippen molar-refractivity contribution in [3.05, 3.63) is 59.7 Å². The van der Waals surface area contributed by atoms with E-state index in [1.165, 1.54) is 16.8 Å². The second-order valence-electron chi connectivity index (χ2n) is 6.57. The van der Waals surface area contributed by atoms with Crippen LogP contribution in [-0.2, 0) is 13.0 Å². The molecule has 3 rings (SSSR count). The van der Waals surface area contributed by atoms with E-state index < -0.39 is 6.09 Å². The van der Waals surface area contributed by atoms with Gasteiger partial charge in [0, 0.05) is 31.9 Å². The van der Waals surface area contributed by atoms with E-state index in [1.807, 2.05) is 43.3 Å². The molecule has 0 aromatic heterocycles. The highest BCUT2D eigenvalue weighted by atomic mass is 16.6. The zero-order valence-electron chi connectivity index (χ0n) is 14.9. The summed E-state index contributed by atoms with van der Waals surface area (Å²) in [5.74, 6) is 0.600. The highest BCUT2D eigenvalue weighted by Gasteiger charge is 2.20. The number of benzene rings is 2. The zero-order valence-corrected chi connectivity index (χ0v) is 14.9.